The number of benzene rings is 4. The number of amides is 2. The van der Waals surface area contributed by atoms with Crippen LogP contribution in [0.25, 0.3) is 0 Å². The molecule has 2 amide bonds. The summed E-state index contributed by atoms with van der Waals surface area (Å²) in [4.78, 5) is 30.2. The van der Waals surface area contributed by atoms with Crippen molar-refractivity contribution < 1.29 is 22.4 Å². The van der Waals surface area contributed by atoms with Gasteiger partial charge in [-0.05, 0) is 66.3 Å². The van der Waals surface area contributed by atoms with Crippen LogP contribution in [-0.2, 0) is 39.0 Å². The van der Waals surface area contributed by atoms with E-state index in [1.54, 1.807) is 42.5 Å². The minimum Gasteiger partial charge on any atom is -0.352 e. The molecule has 0 bridgehead atoms. The van der Waals surface area contributed by atoms with Gasteiger partial charge in [0.2, 0.25) is 11.8 Å². The van der Waals surface area contributed by atoms with Crippen LogP contribution >= 0.6 is 0 Å². The molecule has 9 heteroatoms. The average molecular weight is 642 g/mol. The largest absolute Gasteiger partial charge is 0.352 e. The highest BCUT2D eigenvalue weighted by molar-refractivity contribution is 7.92. The van der Waals surface area contributed by atoms with E-state index in [0.717, 1.165) is 41.1 Å². The van der Waals surface area contributed by atoms with Crippen molar-refractivity contribution in [3.63, 3.8) is 0 Å². The van der Waals surface area contributed by atoms with E-state index in [9.17, 15) is 22.4 Å². The summed E-state index contributed by atoms with van der Waals surface area (Å²) in [6.07, 6.45) is 4.55. The van der Waals surface area contributed by atoms with Gasteiger partial charge in [-0.2, -0.15) is 0 Å². The van der Waals surface area contributed by atoms with E-state index < -0.39 is 34.3 Å². The molecular weight excluding hydrogens is 601 g/mol. The van der Waals surface area contributed by atoms with Crippen molar-refractivity contribution in [3.8, 4) is 0 Å². The molecule has 1 aliphatic carbocycles. The van der Waals surface area contributed by atoms with Crippen molar-refractivity contribution in [1.29, 1.82) is 0 Å². The number of carbonyl (C=O) groups is 2. The fourth-order valence-corrected chi connectivity index (χ4v) is 7.47. The summed E-state index contributed by atoms with van der Waals surface area (Å²) in [5, 5.41) is 3.16. The highest BCUT2D eigenvalue weighted by Gasteiger charge is 2.36. The summed E-state index contributed by atoms with van der Waals surface area (Å²) in [5.41, 5.74) is 2.64. The van der Waals surface area contributed by atoms with Crippen LogP contribution in [0.5, 0.6) is 0 Å². The number of hydrogen-bond donors (Lipinski definition) is 1. The van der Waals surface area contributed by atoms with Gasteiger partial charge in [0.1, 0.15) is 18.4 Å². The molecule has 4 aromatic carbocycles. The first-order chi connectivity index (χ1) is 22.3. The molecule has 240 valence electrons. The predicted molar refractivity (Wildman–Crippen MR) is 178 cm³/mol. The van der Waals surface area contributed by atoms with Crippen LogP contribution in [0.15, 0.2) is 114 Å². The lowest BCUT2D eigenvalue weighted by Crippen LogP contribution is -2.54. The van der Waals surface area contributed by atoms with Gasteiger partial charge in [0.05, 0.1) is 10.6 Å². The van der Waals surface area contributed by atoms with Gasteiger partial charge in [-0.1, -0.05) is 98.6 Å². The zero-order valence-corrected chi connectivity index (χ0v) is 26.8. The second kappa shape index (κ2) is 15.2. The van der Waals surface area contributed by atoms with E-state index >= 15 is 0 Å². The van der Waals surface area contributed by atoms with Crippen molar-refractivity contribution in [2.45, 2.75) is 69.0 Å². The summed E-state index contributed by atoms with van der Waals surface area (Å²) in [5.74, 6) is -1.26. The Bertz CT molecular complexity index is 1710. The molecule has 0 radical (unpaired) electrons. The molecule has 0 aliphatic heterocycles. The molecule has 0 aromatic heterocycles. The predicted octanol–water partition coefficient (Wildman–Crippen LogP) is 6.28. The van der Waals surface area contributed by atoms with Crippen molar-refractivity contribution in [2.24, 2.45) is 0 Å². The van der Waals surface area contributed by atoms with Crippen LogP contribution in [0.1, 0.15) is 49.3 Å². The van der Waals surface area contributed by atoms with E-state index in [-0.39, 0.29) is 29.8 Å². The molecule has 1 unspecified atom stereocenters. The fraction of sp³-hybridized carbons (Fsp3) is 0.297. The Kier molecular flexibility index (Phi) is 10.9. The van der Waals surface area contributed by atoms with Gasteiger partial charge in [0.15, 0.2) is 0 Å². The van der Waals surface area contributed by atoms with Crippen molar-refractivity contribution in [3.05, 3.63) is 132 Å². The smallest absolute Gasteiger partial charge is 0.264 e. The van der Waals surface area contributed by atoms with Crippen LogP contribution in [-0.4, -0.2) is 43.8 Å². The Morgan fingerprint density at radius 3 is 2.09 bits per heavy atom. The minimum absolute atomic E-state index is 0.0106. The topological polar surface area (TPSA) is 86.8 Å². The highest BCUT2D eigenvalue weighted by atomic mass is 32.2. The molecule has 0 saturated heterocycles. The molecule has 0 spiro atoms. The number of carbonyl (C=O) groups excluding carboxylic acids is 2. The first-order valence-electron chi connectivity index (χ1n) is 15.8. The Morgan fingerprint density at radius 1 is 0.826 bits per heavy atom. The van der Waals surface area contributed by atoms with Crippen molar-refractivity contribution in [2.75, 3.05) is 10.8 Å². The second-order valence-electron chi connectivity index (χ2n) is 11.7. The molecule has 1 atom stereocenters. The molecule has 0 heterocycles. The normalized spacial score (nSPS) is 14.0. The van der Waals surface area contributed by atoms with Gasteiger partial charge >= 0.3 is 0 Å². The molecule has 1 aliphatic rings. The number of aryl methyl sites for hydroxylation is 1. The lowest BCUT2D eigenvalue weighted by Gasteiger charge is -2.34. The van der Waals surface area contributed by atoms with Crippen molar-refractivity contribution >= 4 is 27.5 Å². The maximum Gasteiger partial charge on any atom is 0.264 e. The standard InChI is InChI=1S/C37H40FN3O4S/c1-2-30-15-9-12-20-34(30)41(46(44,45)33-18-7-4-8-19-33)27-36(42)40(26-29-21-23-31(38)24-22-29)35(25-28-13-5-3-6-14-28)37(43)39-32-16-10-11-17-32/h3-9,12-15,18-24,32,35H,2,10-11,16-17,25-27H2,1H3,(H,39,43). The Morgan fingerprint density at radius 2 is 1.43 bits per heavy atom. The lowest BCUT2D eigenvalue weighted by molar-refractivity contribution is -0.140. The number of nitrogens with one attached hydrogen (secondary N) is 1. The number of sulfonamides is 1. The summed E-state index contributed by atoms with van der Waals surface area (Å²) in [6, 6.07) is 29.4. The van der Waals surface area contributed by atoms with E-state index in [2.05, 4.69) is 5.32 Å². The van der Waals surface area contributed by atoms with Gasteiger partial charge in [-0.3, -0.25) is 13.9 Å². The minimum atomic E-state index is -4.18. The van der Waals surface area contributed by atoms with Crippen LogP contribution in [0.2, 0.25) is 0 Å². The molecule has 7 nitrogen and oxygen atoms in total. The maximum absolute atomic E-state index is 14.6. The van der Waals surface area contributed by atoms with E-state index in [4.69, 9.17) is 0 Å². The third-order valence-corrected chi connectivity index (χ3v) is 10.3. The first kappa shape index (κ1) is 32.9. The molecular formula is C37H40FN3O4S. The third kappa shape index (κ3) is 8.01. The average Bonchev–Trinajstić information content (AvgIpc) is 3.59. The Hall–Kier alpha value is -4.50. The quantitative estimate of drug-likeness (QED) is 0.186. The number of nitrogens with zero attached hydrogens (tertiary/aromatic N) is 2. The zero-order valence-electron chi connectivity index (χ0n) is 26.0. The van der Waals surface area contributed by atoms with Crippen LogP contribution < -0.4 is 9.62 Å². The number of hydrogen-bond acceptors (Lipinski definition) is 4. The number of halogens is 1. The lowest BCUT2D eigenvalue weighted by atomic mass is 10.0. The summed E-state index contributed by atoms with van der Waals surface area (Å²) in [7, 11) is -4.18. The number of anilines is 1. The SMILES string of the molecule is CCc1ccccc1N(CC(=O)N(Cc1ccc(F)cc1)C(Cc1ccccc1)C(=O)NC1CCCC1)S(=O)(=O)c1ccccc1. The maximum atomic E-state index is 14.6. The fourth-order valence-electron chi connectivity index (χ4n) is 5.99. The Labute approximate surface area is 271 Å². The van der Waals surface area contributed by atoms with Crippen molar-refractivity contribution in [1.82, 2.24) is 10.2 Å². The summed E-state index contributed by atoms with van der Waals surface area (Å²) in [6.45, 7) is 1.39. The van der Waals surface area contributed by atoms with Crippen LogP contribution in [0.3, 0.4) is 0 Å². The molecule has 5 rings (SSSR count). The van der Waals surface area contributed by atoms with Crippen LogP contribution in [0, 0.1) is 5.82 Å². The zero-order chi connectivity index (χ0) is 32.5. The molecule has 46 heavy (non-hydrogen) atoms. The number of para-hydroxylation sites is 1. The molecule has 4 aromatic rings. The third-order valence-electron chi connectivity index (χ3n) is 8.49. The van der Waals surface area contributed by atoms with Gasteiger partial charge in [0.25, 0.3) is 10.0 Å². The Balaban J connectivity index is 1.58. The molecule has 1 N–H and O–H groups in total. The van der Waals surface area contributed by atoms with E-state index in [1.807, 2.05) is 49.4 Å². The first-order valence-corrected chi connectivity index (χ1v) is 17.2. The second-order valence-corrected chi connectivity index (χ2v) is 13.5. The van der Waals surface area contributed by atoms with Crippen LogP contribution in [0.4, 0.5) is 10.1 Å². The van der Waals surface area contributed by atoms with Gasteiger partial charge in [-0.15, -0.1) is 0 Å². The van der Waals surface area contributed by atoms with Gasteiger partial charge < -0.3 is 10.2 Å². The number of rotatable bonds is 13. The molecule has 1 fully saturated rings. The highest BCUT2D eigenvalue weighted by Crippen LogP contribution is 2.29. The summed E-state index contributed by atoms with van der Waals surface area (Å²) >= 11 is 0. The van der Waals surface area contributed by atoms with Gasteiger partial charge in [-0.25, -0.2) is 12.8 Å². The van der Waals surface area contributed by atoms with E-state index in [0.29, 0.717) is 17.7 Å². The monoisotopic (exact) mass is 641 g/mol. The summed E-state index contributed by atoms with van der Waals surface area (Å²) < 4.78 is 43.5. The van der Waals surface area contributed by atoms with E-state index in [1.165, 1.54) is 29.2 Å². The molecule has 1 saturated carbocycles. The van der Waals surface area contributed by atoms with Gasteiger partial charge in [0, 0.05) is 19.0 Å².